The van der Waals surface area contributed by atoms with Gasteiger partial charge in [-0.05, 0) is 62.2 Å². The first-order valence-electron chi connectivity index (χ1n) is 11.7. The van der Waals surface area contributed by atoms with E-state index in [9.17, 15) is 24.3 Å². The third kappa shape index (κ3) is 3.24. The number of aliphatic imine (C=N–C) groups is 1. The van der Waals surface area contributed by atoms with Crippen molar-refractivity contribution in [1.82, 2.24) is 19.4 Å². The van der Waals surface area contributed by atoms with Crippen LogP contribution in [0.1, 0.15) is 30.9 Å². The van der Waals surface area contributed by atoms with Crippen molar-refractivity contribution in [3.63, 3.8) is 0 Å². The molecule has 2 fully saturated rings. The predicted molar refractivity (Wildman–Crippen MR) is 134 cm³/mol. The van der Waals surface area contributed by atoms with E-state index >= 15 is 0 Å². The summed E-state index contributed by atoms with van der Waals surface area (Å²) in [7, 11) is 2.82. The lowest BCUT2D eigenvalue weighted by molar-refractivity contribution is -0.159. The highest BCUT2D eigenvalue weighted by atomic mass is 32.1. The number of urea groups is 1. The number of benzene rings is 1. The molecule has 0 aliphatic carbocycles. The van der Waals surface area contributed by atoms with Crippen molar-refractivity contribution < 1.29 is 19.5 Å². The Morgan fingerprint density at radius 3 is 2.56 bits per heavy atom. The molecule has 4 heterocycles. The van der Waals surface area contributed by atoms with Gasteiger partial charge in [0.15, 0.2) is 10.2 Å². The number of barbiturate groups is 1. The van der Waals surface area contributed by atoms with Crippen LogP contribution in [0.4, 0.5) is 16.2 Å². The van der Waals surface area contributed by atoms with Gasteiger partial charge in [-0.15, -0.1) is 0 Å². The second-order valence-corrected chi connectivity index (χ2v) is 9.71. The Labute approximate surface area is 211 Å². The molecule has 1 unspecified atom stereocenters. The molecule has 0 bridgehead atoms. The Kier molecular flexibility index (Phi) is 5.58. The minimum atomic E-state index is -1.40. The van der Waals surface area contributed by atoms with E-state index in [1.165, 1.54) is 24.9 Å². The molecule has 1 atom stereocenters. The molecule has 5 rings (SSSR count). The predicted octanol–water partition coefficient (Wildman–Crippen LogP) is 1.94. The Morgan fingerprint density at radius 1 is 1.19 bits per heavy atom. The molecule has 0 radical (unpaired) electrons. The van der Waals surface area contributed by atoms with E-state index in [4.69, 9.17) is 12.2 Å². The molecule has 11 nitrogen and oxygen atoms in total. The Balaban J connectivity index is 1.58. The number of H-pyrrole nitrogens is 1. The number of hydrogen-bond donors (Lipinski definition) is 2. The van der Waals surface area contributed by atoms with Gasteiger partial charge in [0.25, 0.3) is 5.56 Å². The highest BCUT2D eigenvalue weighted by Crippen LogP contribution is 2.49. The molecule has 2 saturated heterocycles. The standard InChI is InChI=1S/C24H26N6O5S/c1-4-29-19(32)15(18(31)26-22(29)36)12-25-14-7-8-16-13(10-14)11-24(17-6-5-9-30(16)17)20(33)27(2)23(35)28(3)21(24)34/h7-8,10,12,17,32H,4-6,9,11H2,1-3H3,(H,26,31,36). The van der Waals surface area contributed by atoms with E-state index in [-0.39, 0.29) is 28.7 Å². The topological polar surface area (TPSA) is 131 Å². The number of amides is 4. The number of rotatable bonds is 3. The summed E-state index contributed by atoms with van der Waals surface area (Å²) in [6.45, 7) is 2.85. The van der Waals surface area contributed by atoms with Crippen LogP contribution in [0.2, 0.25) is 0 Å². The number of carbonyl (C=O) groups excluding carboxylic acids is 3. The average molecular weight is 511 g/mol. The number of nitrogens with one attached hydrogen (secondary N) is 1. The van der Waals surface area contributed by atoms with E-state index in [0.717, 1.165) is 27.5 Å². The molecule has 1 aromatic carbocycles. The van der Waals surface area contributed by atoms with Gasteiger partial charge in [-0.1, -0.05) is 0 Å². The Morgan fingerprint density at radius 2 is 1.89 bits per heavy atom. The number of fused-ring (bicyclic) bond motifs is 4. The fourth-order valence-electron chi connectivity index (χ4n) is 5.71. The summed E-state index contributed by atoms with van der Waals surface area (Å²) >= 11 is 5.08. The van der Waals surface area contributed by atoms with Gasteiger partial charge in [-0.25, -0.2) is 4.79 Å². The molecule has 2 aromatic rings. The molecule has 3 aliphatic rings. The normalized spacial score (nSPS) is 21.0. The fraction of sp³-hybridized carbons (Fsp3) is 0.417. The lowest BCUT2D eigenvalue weighted by Gasteiger charge is -2.50. The number of nitrogens with zero attached hydrogens (tertiary/aromatic N) is 5. The molecule has 0 saturated carbocycles. The van der Waals surface area contributed by atoms with E-state index < -0.39 is 28.8 Å². The summed E-state index contributed by atoms with van der Waals surface area (Å²) in [5.41, 5.74) is 0.174. The monoisotopic (exact) mass is 510 g/mol. The third-order valence-electron chi connectivity index (χ3n) is 7.48. The SMILES string of the molecule is CCn1c(O)c(C=Nc2ccc3c(c2)CC2(C(=O)N(C)C(=O)N(C)C2=O)C2CCCN32)c(=O)[nH]c1=S. The van der Waals surface area contributed by atoms with Gasteiger partial charge < -0.3 is 10.0 Å². The number of aromatic nitrogens is 2. The van der Waals surface area contributed by atoms with Crippen LogP contribution in [-0.4, -0.2) is 75.2 Å². The molecule has 188 valence electrons. The third-order valence-corrected chi connectivity index (χ3v) is 7.80. The second-order valence-electron chi connectivity index (χ2n) is 9.32. The minimum Gasteiger partial charge on any atom is -0.494 e. The molecule has 4 amide bonds. The summed E-state index contributed by atoms with van der Waals surface area (Å²) in [5.74, 6) is -1.26. The highest BCUT2D eigenvalue weighted by molar-refractivity contribution is 7.71. The van der Waals surface area contributed by atoms with Gasteiger partial charge in [0.05, 0.1) is 11.7 Å². The van der Waals surface area contributed by atoms with Crippen molar-refractivity contribution in [2.75, 3.05) is 25.5 Å². The quantitative estimate of drug-likeness (QED) is 0.367. The van der Waals surface area contributed by atoms with Crippen LogP contribution in [0.25, 0.3) is 0 Å². The fourth-order valence-corrected chi connectivity index (χ4v) is 6.02. The maximum absolute atomic E-state index is 13.5. The first kappa shape index (κ1) is 23.9. The van der Waals surface area contributed by atoms with Crippen molar-refractivity contribution in [1.29, 1.82) is 0 Å². The van der Waals surface area contributed by atoms with Gasteiger partial charge in [0.1, 0.15) is 5.56 Å². The first-order chi connectivity index (χ1) is 17.1. The molecular formula is C24H26N6O5S. The van der Waals surface area contributed by atoms with E-state index in [0.29, 0.717) is 25.2 Å². The van der Waals surface area contributed by atoms with Crippen LogP contribution in [-0.2, 0) is 22.6 Å². The van der Waals surface area contributed by atoms with Crippen molar-refractivity contribution in [3.05, 3.63) is 44.5 Å². The van der Waals surface area contributed by atoms with Gasteiger partial charge in [0, 0.05) is 39.1 Å². The minimum absolute atomic E-state index is 0.0290. The lowest BCUT2D eigenvalue weighted by atomic mass is 9.68. The summed E-state index contributed by atoms with van der Waals surface area (Å²) in [6, 6.07) is 4.49. The Bertz CT molecular complexity index is 1440. The second kappa shape index (κ2) is 8.40. The van der Waals surface area contributed by atoms with Crippen molar-refractivity contribution in [2.24, 2.45) is 10.4 Å². The van der Waals surface area contributed by atoms with Crippen LogP contribution in [0, 0.1) is 10.2 Å². The highest BCUT2D eigenvalue weighted by Gasteiger charge is 2.63. The van der Waals surface area contributed by atoms with Gasteiger partial charge in [-0.3, -0.25) is 38.7 Å². The molecule has 1 aromatic heterocycles. The van der Waals surface area contributed by atoms with E-state index in [1.54, 1.807) is 19.1 Å². The summed E-state index contributed by atoms with van der Waals surface area (Å²) in [6.07, 6.45) is 2.90. The van der Waals surface area contributed by atoms with Crippen molar-refractivity contribution >= 4 is 47.7 Å². The molecule has 1 spiro atoms. The zero-order valence-electron chi connectivity index (χ0n) is 20.1. The Hall–Kier alpha value is -3.80. The van der Waals surface area contributed by atoms with E-state index in [2.05, 4.69) is 14.9 Å². The van der Waals surface area contributed by atoms with Crippen molar-refractivity contribution in [3.8, 4) is 5.88 Å². The number of hydrogen-bond acceptors (Lipinski definition) is 8. The molecular weight excluding hydrogens is 484 g/mol. The number of imide groups is 2. The van der Waals surface area contributed by atoms with E-state index in [1.807, 2.05) is 6.07 Å². The molecule has 3 aliphatic heterocycles. The van der Waals surface area contributed by atoms with Crippen LogP contribution in [0.15, 0.2) is 28.0 Å². The van der Waals surface area contributed by atoms with Crippen LogP contribution < -0.4 is 10.5 Å². The van der Waals surface area contributed by atoms with Gasteiger partial charge in [-0.2, -0.15) is 0 Å². The van der Waals surface area contributed by atoms with Crippen LogP contribution in [0.5, 0.6) is 5.88 Å². The van der Waals surface area contributed by atoms with Crippen molar-refractivity contribution in [2.45, 2.75) is 38.8 Å². The first-order valence-corrected chi connectivity index (χ1v) is 12.1. The smallest absolute Gasteiger partial charge is 0.332 e. The molecule has 12 heteroatoms. The number of anilines is 1. The summed E-state index contributed by atoms with van der Waals surface area (Å²) < 4.78 is 1.50. The summed E-state index contributed by atoms with van der Waals surface area (Å²) in [5, 5.41) is 10.5. The van der Waals surface area contributed by atoms with Gasteiger partial charge in [0.2, 0.25) is 17.7 Å². The maximum atomic E-state index is 13.5. The molecule has 36 heavy (non-hydrogen) atoms. The largest absolute Gasteiger partial charge is 0.494 e. The van der Waals surface area contributed by atoms with Crippen LogP contribution in [0.3, 0.4) is 0 Å². The lowest BCUT2D eigenvalue weighted by Crippen LogP contribution is -2.70. The van der Waals surface area contributed by atoms with Crippen LogP contribution >= 0.6 is 12.2 Å². The zero-order valence-corrected chi connectivity index (χ0v) is 21.0. The average Bonchev–Trinajstić information content (AvgIpc) is 3.35. The van der Waals surface area contributed by atoms with Gasteiger partial charge >= 0.3 is 6.03 Å². The maximum Gasteiger partial charge on any atom is 0.332 e. The molecule has 2 N–H and O–H groups in total. The number of aromatic amines is 1. The zero-order chi connectivity index (χ0) is 25.9. The number of carbonyl (C=O) groups is 3. The summed E-state index contributed by atoms with van der Waals surface area (Å²) in [4.78, 5) is 62.9. The number of aromatic hydroxyl groups is 1.